The Morgan fingerprint density at radius 1 is 1.07 bits per heavy atom. The van der Waals surface area contributed by atoms with Crippen molar-refractivity contribution in [1.82, 2.24) is 5.32 Å². The molecule has 0 radical (unpaired) electrons. The zero-order valence-corrected chi connectivity index (χ0v) is 17.4. The highest BCUT2D eigenvalue weighted by atomic mass is 32.2. The van der Waals surface area contributed by atoms with E-state index < -0.39 is 5.91 Å². The average Bonchev–Trinajstić information content (AvgIpc) is 3.30. The fourth-order valence-corrected chi connectivity index (χ4v) is 4.06. The zero-order chi connectivity index (χ0) is 21.1. The summed E-state index contributed by atoms with van der Waals surface area (Å²) < 4.78 is 5.75. The van der Waals surface area contributed by atoms with Crippen molar-refractivity contribution in [3.05, 3.63) is 75.9 Å². The molecule has 152 valence electrons. The summed E-state index contributed by atoms with van der Waals surface area (Å²) in [5.41, 5.74) is 3.17. The van der Waals surface area contributed by atoms with E-state index in [2.05, 4.69) is 12.2 Å². The average molecular weight is 420 g/mol. The minimum Gasteiger partial charge on any atom is -0.453 e. The number of hydrogen-bond donors (Lipinski definition) is 1. The van der Waals surface area contributed by atoms with Crippen LogP contribution in [0.25, 0.3) is 17.0 Å². The minimum atomic E-state index is -0.397. The molecule has 0 spiro atoms. The Labute approximate surface area is 178 Å². The second-order valence-electron chi connectivity index (χ2n) is 7.24. The number of amides is 2. The van der Waals surface area contributed by atoms with Gasteiger partial charge in [0.2, 0.25) is 5.78 Å². The van der Waals surface area contributed by atoms with Crippen LogP contribution in [0.2, 0.25) is 0 Å². The van der Waals surface area contributed by atoms with Crippen molar-refractivity contribution in [3.63, 3.8) is 0 Å². The molecule has 0 atom stereocenters. The third-order valence-corrected chi connectivity index (χ3v) is 5.80. The van der Waals surface area contributed by atoms with Gasteiger partial charge in [-0.05, 0) is 60.0 Å². The molecule has 2 aromatic carbocycles. The highest BCUT2D eigenvalue weighted by Crippen LogP contribution is 2.28. The number of carbonyl (C=O) groups excluding carboxylic acids is 3. The molecule has 0 saturated carbocycles. The SMILES string of the molecule is CCCCCc1ccc(C(=O)c2cc3cc(C=C4SC(=O)NC4=O)ccc3o2)cc1. The number of carbonyl (C=O) groups is 3. The van der Waals surface area contributed by atoms with Gasteiger partial charge in [-0.15, -0.1) is 0 Å². The molecule has 1 aliphatic heterocycles. The maximum atomic E-state index is 12.8. The summed E-state index contributed by atoms with van der Waals surface area (Å²) in [6, 6.07) is 14.8. The van der Waals surface area contributed by atoms with Crippen LogP contribution in [0.4, 0.5) is 4.79 Å². The Hall–Kier alpha value is -3.12. The number of benzene rings is 2. The maximum absolute atomic E-state index is 12.8. The number of thioether (sulfide) groups is 1. The van der Waals surface area contributed by atoms with E-state index in [1.54, 1.807) is 24.3 Å². The molecule has 1 aliphatic rings. The van der Waals surface area contributed by atoms with Crippen LogP contribution in [0, 0.1) is 0 Å². The van der Waals surface area contributed by atoms with Crippen LogP contribution < -0.4 is 5.32 Å². The van der Waals surface area contributed by atoms with E-state index in [9.17, 15) is 14.4 Å². The van der Waals surface area contributed by atoms with Crippen molar-refractivity contribution in [2.24, 2.45) is 0 Å². The Balaban J connectivity index is 1.53. The fourth-order valence-electron chi connectivity index (χ4n) is 3.38. The van der Waals surface area contributed by atoms with Gasteiger partial charge in [-0.2, -0.15) is 0 Å². The van der Waals surface area contributed by atoms with Crippen LogP contribution in [0.5, 0.6) is 0 Å². The summed E-state index contributed by atoms with van der Waals surface area (Å²) >= 11 is 0.872. The lowest BCUT2D eigenvalue weighted by atomic mass is 10.0. The number of unbranched alkanes of at least 4 members (excludes halogenated alkanes) is 2. The van der Waals surface area contributed by atoms with Gasteiger partial charge in [0, 0.05) is 10.9 Å². The fraction of sp³-hybridized carbons (Fsp3) is 0.208. The summed E-state index contributed by atoms with van der Waals surface area (Å²) in [4.78, 5) is 36.2. The smallest absolute Gasteiger partial charge is 0.290 e. The van der Waals surface area contributed by atoms with Gasteiger partial charge in [0.1, 0.15) is 5.58 Å². The summed E-state index contributed by atoms with van der Waals surface area (Å²) in [5, 5.41) is 2.62. The molecule has 1 aromatic heterocycles. The summed E-state index contributed by atoms with van der Waals surface area (Å²) in [5.74, 6) is -0.287. The van der Waals surface area contributed by atoms with Gasteiger partial charge in [0.25, 0.3) is 11.1 Å². The van der Waals surface area contributed by atoms with Gasteiger partial charge in [-0.25, -0.2) is 0 Å². The number of furan rings is 1. The molecule has 6 heteroatoms. The number of fused-ring (bicyclic) bond motifs is 1. The van der Waals surface area contributed by atoms with E-state index in [-0.39, 0.29) is 16.8 Å². The molecule has 3 aromatic rings. The van der Waals surface area contributed by atoms with Gasteiger partial charge >= 0.3 is 0 Å². The molecule has 0 aliphatic carbocycles. The Morgan fingerprint density at radius 3 is 2.57 bits per heavy atom. The van der Waals surface area contributed by atoms with E-state index in [4.69, 9.17) is 4.42 Å². The highest BCUT2D eigenvalue weighted by Gasteiger charge is 2.25. The predicted octanol–water partition coefficient (Wildman–Crippen LogP) is 5.72. The lowest BCUT2D eigenvalue weighted by molar-refractivity contribution is -0.115. The van der Waals surface area contributed by atoms with Gasteiger partial charge < -0.3 is 4.42 Å². The number of hydrogen-bond acceptors (Lipinski definition) is 5. The number of rotatable bonds is 7. The molecule has 4 rings (SSSR count). The first kappa shape index (κ1) is 20.2. The Morgan fingerprint density at radius 2 is 1.87 bits per heavy atom. The third kappa shape index (κ3) is 4.39. The van der Waals surface area contributed by atoms with E-state index >= 15 is 0 Å². The van der Waals surface area contributed by atoms with E-state index in [0.29, 0.717) is 16.1 Å². The maximum Gasteiger partial charge on any atom is 0.290 e. The molecular weight excluding hydrogens is 398 g/mol. The van der Waals surface area contributed by atoms with Crippen LogP contribution in [-0.2, 0) is 11.2 Å². The second kappa shape index (κ2) is 8.71. The zero-order valence-electron chi connectivity index (χ0n) is 16.6. The van der Waals surface area contributed by atoms with E-state index in [1.807, 2.05) is 30.3 Å². The number of aryl methyl sites for hydroxylation is 1. The van der Waals surface area contributed by atoms with Crippen LogP contribution in [0.3, 0.4) is 0 Å². The monoisotopic (exact) mass is 419 g/mol. The van der Waals surface area contributed by atoms with E-state index in [1.165, 1.54) is 18.4 Å². The molecule has 1 fully saturated rings. The lowest BCUT2D eigenvalue weighted by Crippen LogP contribution is -2.17. The Kier molecular flexibility index (Phi) is 5.86. The first-order valence-electron chi connectivity index (χ1n) is 9.95. The number of ketones is 1. The molecule has 2 heterocycles. The highest BCUT2D eigenvalue weighted by molar-refractivity contribution is 8.18. The normalized spacial score (nSPS) is 15.2. The number of imide groups is 1. The topological polar surface area (TPSA) is 76.4 Å². The van der Waals surface area contributed by atoms with Crippen molar-refractivity contribution in [2.45, 2.75) is 32.6 Å². The number of nitrogens with one attached hydrogen (secondary N) is 1. The Bertz CT molecular complexity index is 1160. The van der Waals surface area contributed by atoms with Crippen LogP contribution in [0.1, 0.15) is 53.4 Å². The van der Waals surface area contributed by atoms with Gasteiger partial charge in [-0.3, -0.25) is 19.7 Å². The second-order valence-corrected chi connectivity index (χ2v) is 8.26. The van der Waals surface area contributed by atoms with Crippen molar-refractivity contribution >= 4 is 45.7 Å². The lowest BCUT2D eigenvalue weighted by Gasteiger charge is -2.02. The molecule has 2 amide bonds. The van der Waals surface area contributed by atoms with Crippen LogP contribution in [0.15, 0.2) is 57.9 Å². The molecule has 0 unspecified atom stereocenters. The molecule has 30 heavy (non-hydrogen) atoms. The molecule has 1 saturated heterocycles. The first-order valence-corrected chi connectivity index (χ1v) is 10.8. The van der Waals surface area contributed by atoms with Crippen molar-refractivity contribution in [2.75, 3.05) is 0 Å². The summed E-state index contributed by atoms with van der Waals surface area (Å²) in [6.07, 6.45) is 6.22. The third-order valence-electron chi connectivity index (χ3n) is 4.99. The standard InChI is InChI=1S/C24H21NO4S/c1-2-3-4-5-15-6-9-17(10-7-15)22(26)20-14-18-12-16(8-11-19(18)29-20)13-21-23(27)25-24(28)30-21/h6-14H,2-5H2,1H3,(H,25,27,28). The summed E-state index contributed by atoms with van der Waals surface area (Å²) in [6.45, 7) is 2.18. The van der Waals surface area contributed by atoms with Gasteiger partial charge in [-0.1, -0.05) is 50.1 Å². The molecule has 5 nitrogen and oxygen atoms in total. The quantitative estimate of drug-likeness (QED) is 0.301. The van der Waals surface area contributed by atoms with Crippen molar-refractivity contribution in [1.29, 1.82) is 0 Å². The van der Waals surface area contributed by atoms with Crippen LogP contribution in [-0.4, -0.2) is 16.9 Å². The molecule has 0 bridgehead atoms. The van der Waals surface area contributed by atoms with Gasteiger partial charge in [0.05, 0.1) is 4.91 Å². The van der Waals surface area contributed by atoms with Gasteiger partial charge in [0.15, 0.2) is 5.76 Å². The van der Waals surface area contributed by atoms with E-state index in [0.717, 1.165) is 35.6 Å². The van der Waals surface area contributed by atoms with Crippen molar-refractivity contribution in [3.8, 4) is 0 Å². The largest absolute Gasteiger partial charge is 0.453 e. The first-order chi connectivity index (χ1) is 14.5. The minimum absolute atomic E-state index is 0.164. The molecule has 1 N–H and O–H groups in total. The summed E-state index contributed by atoms with van der Waals surface area (Å²) in [7, 11) is 0. The van der Waals surface area contributed by atoms with Crippen molar-refractivity contribution < 1.29 is 18.8 Å². The van der Waals surface area contributed by atoms with Crippen LogP contribution >= 0.6 is 11.8 Å². The molecular formula is C24H21NO4S. The predicted molar refractivity (Wildman–Crippen MR) is 118 cm³/mol.